The Morgan fingerprint density at radius 2 is 1.73 bits per heavy atom. The van der Waals surface area contributed by atoms with Gasteiger partial charge >= 0.3 is 5.97 Å². The molecular weight excluding hydrogens is 852 g/mol. The van der Waals surface area contributed by atoms with Crippen molar-refractivity contribution in [2.24, 2.45) is 17.8 Å². The monoisotopic (exact) mass is 916 g/mol. The number of ether oxygens (including phenoxy) is 5. The Morgan fingerprint density at radius 1 is 1.03 bits per heavy atom. The number of hydrogen-bond donors (Lipinski definition) is 4. The molecule has 10 bridgehead atoms. The van der Waals surface area contributed by atoms with Crippen LogP contribution in [0.1, 0.15) is 91.1 Å². The maximum Gasteiger partial charge on any atom is 0.316 e. The van der Waals surface area contributed by atoms with Gasteiger partial charge in [0, 0.05) is 63.9 Å². The number of carbonyl (C=O) groups is 3. The fourth-order valence-corrected chi connectivity index (χ4v) is 10.3. The van der Waals surface area contributed by atoms with Crippen molar-refractivity contribution in [3.05, 3.63) is 47.9 Å². The molecule has 4 aliphatic rings. The van der Waals surface area contributed by atoms with Gasteiger partial charge in [0.25, 0.3) is 0 Å². The van der Waals surface area contributed by atoms with E-state index in [1.54, 1.807) is 33.2 Å². The lowest BCUT2D eigenvalue weighted by Crippen LogP contribution is -2.61. The quantitative estimate of drug-likeness (QED) is 0.214. The Bertz CT molecular complexity index is 2070. The first-order chi connectivity index (χ1) is 30.3. The summed E-state index contributed by atoms with van der Waals surface area (Å²) in [5, 5.41) is 47.8. The number of esters is 1. The maximum absolute atomic E-state index is 14.9. The van der Waals surface area contributed by atoms with E-state index in [1.807, 2.05) is 43.1 Å². The third-order valence-electron chi connectivity index (χ3n) is 13.7. The molecule has 64 heavy (non-hydrogen) atoms. The molecule has 4 N–H and O–H groups in total. The Morgan fingerprint density at radius 3 is 2.38 bits per heavy atom. The highest BCUT2D eigenvalue weighted by atomic mass is 32.1. The van der Waals surface area contributed by atoms with Crippen LogP contribution >= 0.6 is 11.3 Å². The van der Waals surface area contributed by atoms with E-state index in [0.29, 0.717) is 35.8 Å². The van der Waals surface area contributed by atoms with Crippen LogP contribution in [0.3, 0.4) is 0 Å². The van der Waals surface area contributed by atoms with Crippen LogP contribution in [-0.4, -0.2) is 152 Å². The molecular formula is C45H65FN6O11S. The molecule has 1 aromatic carbocycles. The van der Waals surface area contributed by atoms with Crippen molar-refractivity contribution in [2.75, 3.05) is 39.8 Å². The van der Waals surface area contributed by atoms with Crippen molar-refractivity contribution in [3.63, 3.8) is 0 Å². The van der Waals surface area contributed by atoms with Crippen molar-refractivity contribution in [3.8, 4) is 10.4 Å². The number of halogens is 1. The normalized spacial score (nSPS) is 37.7. The van der Waals surface area contributed by atoms with E-state index < -0.39 is 114 Å². The fraction of sp³-hybridized carbons (Fsp3) is 0.689. The minimum atomic E-state index is -2.10. The highest BCUT2D eigenvalue weighted by Crippen LogP contribution is 2.39. The van der Waals surface area contributed by atoms with Gasteiger partial charge in [0.2, 0.25) is 0 Å². The predicted octanol–water partition coefficient (Wildman–Crippen LogP) is 4.11. The van der Waals surface area contributed by atoms with Gasteiger partial charge in [-0.15, -0.1) is 5.10 Å². The van der Waals surface area contributed by atoms with E-state index in [4.69, 9.17) is 23.7 Å². The number of cyclic esters (lactones) is 1. The number of benzene rings is 1. The van der Waals surface area contributed by atoms with Crippen LogP contribution < -0.4 is 5.32 Å². The van der Waals surface area contributed by atoms with Crippen LogP contribution in [0.15, 0.2) is 36.7 Å². The number of likely N-dealkylation sites (N-methyl/N-ethyl adjacent to an activating group) is 1. The number of aliphatic hydroxyl groups is 3. The number of aliphatic hydroxyl groups excluding tert-OH is 2. The first kappa shape index (κ1) is 49.6. The van der Waals surface area contributed by atoms with Gasteiger partial charge in [-0.05, 0) is 58.7 Å². The Balaban J connectivity index is 1.49. The summed E-state index contributed by atoms with van der Waals surface area (Å²) in [6, 6.07) is 4.96. The number of alkyl halides is 1. The number of methoxy groups -OCH3 is 2. The Labute approximate surface area is 378 Å². The number of fused-ring (bicyclic) bond motifs is 5. The molecule has 0 unspecified atom stereocenters. The zero-order valence-corrected chi connectivity index (χ0v) is 39.2. The van der Waals surface area contributed by atoms with Gasteiger partial charge in [0.05, 0.1) is 40.5 Å². The minimum absolute atomic E-state index is 0.0681. The van der Waals surface area contributed by atoms with Gasteiger partial charge in [-0.1, -0.05) is 61.6 Å². The number of nitrogens with one attached hydrogen (secondary N) is 1. The highest BCUT2D eigenvalue weighted by Gasteiger charge is 2.53. The molecule has 17 nitrogen and oxygen atoms in total. The average molecular weight is 917 g/mol. The molecule has 0 radical (unpaired) electrons. The average Bonchev–Trinajstić information content (AvgIpc) is 3.96. The van der Waals surface area contributed by atoms with E-state index in [9.17, 15) is 34.1 Å². The lowest BCUT2D eigenvalue weighted by Gasteiger charge is -2.47. The number of hydrogen-bond acceptors (Lipinski definition) is 17. The molecule has 3 aromatic rings. The summed E-state index contributed by atoms with van der Waals surface area (Å²) in [6.45, 7) is 10.6. The predicted molar refractivity (Wildman–Crippen MR) is 234 cm³/mol. The molecule has 19 heteroatoms. The molecule has 2 aromatic heterocycles. The van der Waals surface area contributed by atoms with Crippen molar-refractivity contribution in [2.45, 2.75) is 146 Å². The second-order valence-electron chi connectivity index (χ2n) is 18.1. The molecule has 15 atom stereocenters. The number of thiazole rings is 1. The largest absolute Gasteiger partial charge is 0.459 e. The molecule has 0 amide bonds. The van der Waals surface area contributed by atoms with E-state index in [1.165, 1.54) is 51.0 Å². The second kappa shape index (κ2) is 20.4. The summed E-state index contributed by atoms with van der Waals surface area (Å²) in [4.78, 5) is 50.4. The minimum Gasteiger partial charge on any atom is -0.459 e. The third-order valence-corrected chi connectivity index (χ3v) is 14.7. The molecule has 2 saturated heterocycles. The maximum atomic E-state index is 14.9. The number of aromatic nitrogens is 4. The summed E-state index contributed by atoms with van der Waals surface area (Å²) < 4.78 is 47.2. The lowest BCUT2D eigenvalue weighted by atomic mass is 9.75. The molecule has 354 valence electrons. The van der Waals surface area contributed by atoms with E-state index >= 15 is 0 Å². The molecule has 7 rings (SSSR count). The number of nitrogens with zero attached hydrogens (tertiary/aromatic N) is 5. The Hall–Kier alpha value is -3.79. The first-order valence-corrected chi connectivity index (χ1v) is 22.8. The van der Waals surface area contributed by atoms with E-state index in [-0.39, 0.29) is 12.8 Å². The van der Waals surface area contributed by atoms with Crippen LogP contribution in [0.25, 0.3) is 10.4 Å². The van der Waals surface area contributed by atoms with Gasteiger partial charge < -0.3 is 49.2 Å². The molecule has 0 aliphatic carbocycles. The van der Waals surface area contributed by atoms with E-state index in [0.717, 1.165) is 10.4 Å². The number of Topliss-reactive ketones (excluding diaryl/α,β-unsaturated/α-hetero) is 2. The highest BCUT2D eigenvalue weighted by molar-refractivity contribution is 7.18. The molecule has 0 saturated carbocycles. The Kier molecular flexibility index (Phi) is 15.8. The summed E-state index contributed by atoms with van der Waals surface area (Å²) in [6.07, 6.45) is -3.83. The summed E-state index contributed by atoms with van der Waals surface area (Å²) in [5.74, 6) is -5.72. The summed E-state index contributed by atoms with van der Waals surface area (Å²) >= 11 is 1.26. The number of rotatable bonds is 4. The van der Waals surface area contributed by atoms with Crippen LogP contribution in [0.4, 0.5) is 9.52 Å². The van der Waals surface area contributed by atoms with Crippen molar-refractivity contribution < 1.29 is 57.8 Å². The summed E-state index contributed by atoms with van der Waals surface area (Å²) in [5.41, 5.74) is -1.51. The zero-order chi connectivity index (χ0) is 46.8. The molecule has 4 aliphatic heterocycles. The summed E-state index contributed by atoms with van der Waals surface area (Å²) in [7, 11) is 4.79. The van der Waals surface area contributed by atoms with Gasteiger partial charge in [-0.3, -0.25) is 14.4 Å². The van der Waals surface area contributed by atoms with Gasteiger partial charge in [-0.2, -0.15) is 0 Å². The smallest absolute Gasteiger partial charge is 0.316 e. The van der Waals surface area contributed by atoms with Crippen LogP contribution in [-0.2, 0) is 44.5 Å². The zero-order valence-electron chi connectivity index (χ0n) is 38.3. The molecule has 6 heterocycles. The van der Waals surface area contributed by atoms with Gasteiger partial charge in [0.1, 0.15) is 42.5 Å². The van der Waals surface area contributed by atoms with Crippen LogP contribution in [0.5, 0.6) is 0 Å². The fourth-order valence-electron chi connectivity index (χ4n) is 9.46. The van der Waals surface area contributed by atoms with E-state index in [2.05, 4.69) is 20.6 Å². The number of ketones is 2. The van der Waals surface area contributed by atoms with Gasteiger partial charge in [0.15, 0.2) is 23.0 Å². The lowest BCUT2D eigenvalue weighted by molar-refractivity contribution is -0.295. The number of carbonyl (C=O) groups excluding carboxylic acids is 3. The van der Waals surface area contributed by atoms with Crippen LogP contribution in [0.2, 0.25) is 0 Å². The van der Waals surface area contributed by atoms with Crippen molar-refractivity contribution in [1.82, 2.24) is 24.9 Å². The SMILES string of the molecule is CC[C@H]1OC(=O)[C@H](C)C(=O)[C@H](C)[C@H]2O[C@@H]3O[C@H](C)C[C@@H]([C@H]3O)N(C)CCc3cn(nn3)[C@H](CF)[C@H](OC)c3ccc(cc3)-c3cnc(s3)N[C@H](C[C@@]2(C)OC)C(=O)[C@H](C)[C@@H](O)[C@]1(C)O. The van der Waals surface area contributed by atoms with Gasteiger partial charge in [-0.25, -0.2) is 14.1 Å². The first-order valence-electron chi connectivity index (χ1n) is 22.0. The number of anilines is 1. The standard InChI is InChI=1S/C45H65FN6O11S/c1-11-34-45(7,58)39(56)24(3)36(54)30-19-44(6,60-10)40(25(4)35(53)26(5)41(57)62-34)63-42-37(55)31(18-23(2)61-42)51(8)17-16-29-22-52(50-49-29)32(20-46)38(59-9)28-14-12-27(13-15-28)33-21-47-43(48-30)64-33/h12-15,21-26,30-32,34,37-40,42,55-56,58H,11,16-20H2,1-10H3,(H,47,48)/t23-,24+,25+,26-,30-,31+,32-,34-,37-,38-,39-,40-,42+,44-,45-/m1/s1. The van der Waals surface area contributed by atoms with Crippen molar-refractivity contribution in [1.29, 1.82) is 0 Å². The molecule has 0 spiro atoms. The topological polar surface area (TPSA) is 217 Å². The third kappa shape index (κ3) is 10.1. The van der Waals surface area contributed by atoms with Crippen molar-refractivity contribution >= 4 is 34.0 Å². The van der Waals surface area contributed by atoms with Crippen LogP contribution in [0, 0.1) is 17.8 Å². The second-order valence-corrected chi connectivity index (χ2v) is 19.2. The molecule has 2 fully saturated rings.